The van der Waals surface area contributed by atoms with Crippen LogP contribution in [0, 0.1) is 0 Å². The highest BCUT2D eigenvalue weighted by molar-refractivity contribution is 6.55. The first kappa shape index (κ1) is 15.5. The van der Waals surface area contributed by atoms with Crippen LogP contribution in [0.3, 0.4) is 0 Å². The van der Waals surface area contributed by atoms with Gasteiger partial charge in [-0.15, -0.1) is 0 Å². The zero-order chi connectivity index (χ0) is 15.0. The third-order valence-corrected chi connectivity index (χ3v) is 4.12. The lowest BCUT2D eigenvalue weighted by molar-refractivity contribution is 0.00578. The van der Waals surface area contributed by atoms with Crippen LogP contribution >= 0.6 is 11.6 Å². The van der Waals surface area contributed by atoms with Gasteiger partial charge >= 0.3 is 7.12 Å². The Labute approximate surface area is 125 Å². The summed E-state index contributed by atoms with van der Waals surface area (Å²) in [6.07, 6.45) is 3.63. The predicted molar refractivity (Wildman–Crippen MR) is 82.4 cm³/mol. The minimum absolute atomic E-state index is 0.361. The normalized spacial score (nSPS) is 21.3. The second-order valence-corrected chi connectivity index (χ2v) is 6.31. The summed E-state index contributed by atoms with van der Waals surface area (Å²) in [6.45, 7) is 8.44. The third kappa shape index (κ3) is 3.06. The van der Waals surface area contributed by atoms with Gasteiger partial charge in [-0.1, -0.05) is 23.7 Å². The van der Waals surface area contributed by atoms with Crippen LogP contribution in [-0.2, 0) is 9.31 Å². The molecule has 1 aromatic rings. The van der Waals surface area contributed by atoms with Gasteiger partial charge in [-0.3, -0.25) is 0 Å². The second kappa shape index (κ2) is 5.49. The number of aromatic nitrogens is 1. The van der Waals surface area contributed by atoms with Gasteiger partial charge in [0.05, 0.1) is 11.2 Å². The Bertz CT molecular complexity index is 498. The van der Waals surface area contributed by atoms with Gasteiger partial charge in [-0.05, 0) is 44.8 Å². The Hall–Kier alpha value is -0.875. The SMILES string of the molecule is CC1(C)OB(C(=Cc2ccc(Cl)nc2)CN)OC1(C)C. The first-order valence-corrected chi connectivity index (χ1v) is 7.01. The number of halogens is 1. The summed E-state index contributed by atoms with van der Waals surface area (Å²) in [7, 11) is -0.430. The van der Waals surface area contributed by atoms with E-state index in [-0.39, 0.29) is 11.2 Å². The molecule has 108 valence electrons. The van der Waals surface area contributed by atoms with Crippen LogP contribution in [0.5, 0.6) is 0 Å². The molecule has 0 aromatic carbocycles. The fourth-order valence-corrected chi connectivity index (χ4v) is 2.02. The van der Waals surface area contributed by atoms with Crippen molar-refractivity contribution in [1.29, 1.82) is 0 Å². The first-order chi connectivity index (χ1) is 9.25. The van der Waals surface area contributed by atoms with Crippen LogP contribution in [0.15, 0.2) is 23.8 Å². The van der Waals surface area contributed by atoms with E-state index < -0.39 is 7.12 Å². The van der Waals surface area contributed by atoms with Gasteiger partial charge in [-0.2, -0.15) is 0 Å². The number of hydrogen-bond acceptors (Lipinski definition) is 4. The lowest BCUT2D eigenvalue weighted by atomic mass is 9.77. The van der Waals surface area contributed by atoms with E-state index in [2.05, 4.69) is 4.98 Å². The average molecular weight is 295 g/mol. The number of nitrogens with zero attached hydrogens (tertiary/aromatic N) is 1. The highest BCUT2D eigenvalue weighted by Gasteiger charge is 2.52. The van der Waals surface area contributed by atoms with Gasteiger partial charge in [0.15, 0.2) is 0 Å². The summed E-state index contributed by atoms with van der Waals surface area (Å²) < 4.78 is 12.0. The molecule has 2 rings (SSSR count). The van der Waals surface area contributed by atoms with Crippen LogP contribution < -0.4 is 5.73 Å². The molecule has 20 heavy (non-hydrogen) atoms. The van der Waals surface area contributed by atoms with Gasteiger partial charge in [0.25, 0.3) is 0 Å². The van der Waals surface area contributed by atoms with Crippen molar-refractivity contribution in [2.45, 2.75) is 38.9 Å². The molecule has 0 unspecified atom stereocenters. The Morgan fingerprint density at radius 2 is 1.90 bits per heavy atom. The Morgan fingerprint density at radius 1 is 1.30 bits per heavy atom. The molecule has 0 amide bonds. The summed E-state index contributed by atoms with van der Waals surface area (Å²) in [5.41, 5.74) is 6.89. The Balaban J connectivity index is 2.24. The van der Waals surface area contributed by atoms with Crippen molar-refractivity contribution in [2.75, 3.05) is 6.54 Å². The Morgan fingerprint density at radius 3 is 2.35 bits per heavy atom. The fraction of sp³-hybridized carbons (Fsp3) is 0.500. The quantitative estimate of drug-likeness (QED) is 0.688. The fourth-order valence-electron chi connectivity index (χ4n) is 1.90. The van der Waals surface area contributed by atoms with Crippen molar-refractivity contribution in [3.05, 3.63) is 34.5 Å². The van der Waals surface area contributed by atoms with Crippen molar-refractivity contribution in [1.82, 2.24) is 4.98 Å². The van der Waals surface area contributed by atoms with E-state index in [4.69, 9.17) is 26.6 Å². The molecule has 0 spiro atoms. The van der Waals surface area contributed by atoms with Crippen molar-refractivity contribution in [2.24, 2.45) is 5.73 Å². The summed E-state index contributed by atoms with van der Waals surface area (Å²) in [5, 5.41) is 0.465. The molecule has 1 aliphatic heterocycles. The topological polar surface area (TPSA) is 57.4 Å². The van der Waals surface area contributed by atoms with Crippen molar-refractivity contribution < 1.29 is 9.31 Å². The molecule has 1 fully saturated rings. The van der Waals surface area contributed by atoms with Crippen molar-refractivity contribution >= 4 is 24.8 Å². The maximum atomic E-state index is 6.00. The average Bonchev–Trinajstić information content (AvgIpc) is 2.57. The lowest BCUT2D eigenvalue weighted by Crippen LogP contribution is -2.41. The zero-order valence-electron chi connectivity index (χ0n) is 12.3. The van der Waals surface area contributed by atoms with Crippen LogP contribution in [0.4, 0.5) is 0 Å². The molecular formula is C14H20BClN2O2. The molecule has 1 aromatic heterocycles. The van der Waals surface area contributed by atoms with E-state index in [1.807, 2.05) is 39.8 Å². The summed E-state index contributed by atoms with van der Waals surface area (Å²) in [5.74, 6) is 0. The maximum absolute atomic E-state index is 6.00. The molecular weight excluding hydrogens is 274 g/mol. The van der Waals surface area contributed by atoms with E-state index in [0.717, 1.165) is 11.0 Å². The van der Waals surface area contributed by atoms with Gasteiger partial charge in [-0.25, -0.2) is 4.98 Å². The minimum Gasteiger partial charge on any atom is -0.400 e. The molecule has 2 heterocycles. The molecule has 0 aliphatic carbocycles. The highest BCUT2D eigenvalue weighted by atomic mass is 35.5. The standard InChI is InChI=1S/C14H20BClN2O2/c1-13(2)14(3,4)20-15(19-13)11(8-17)7-10-5-6-12(16)18-9-10/h5-7,9H,8,17H2,1-4H3. The van der Waals surface area contributed by atoms with Crippen molar-refractivity contribution in [3.8, 4) is 0 Å². The smallest absolute Gasteiger partial charge is 0.400 e. The Kier molecular flexibility index (Phi) is 4.26. The molecule has 0 bridgehead atoms. The highest BCUT2D eigenvalue weighted by Crippen LogP contribution is 2.38. The van der Waals surface area contributed by atoms with Crippen LogP contribution in [-0.4, -0.2) is 29.8 Å². The van der Waals surface area contributed by atoms with Gasteiger partial charge in [0.1, 0.15) is 5.15 Å². The molecule has 2 N–H and O–H groups in total. The maximum Gasteiger partial charge on any atom is 0.491 e. The largest absolute Gasteiger partial charge is 0.491 e. The molecule has 0 atom stereocenters. The number of hydrogen-bond donors (Lipinski definition) is 1. The van der Waals surface area contributed by atoms with E-state index in [0.29, 0.717) is 11.7 Å². The summed E-state index contributed by atoms with van der Waals surface area (Å²) in [4.78, 5) is 4.05. The lowest BCUT2D eigenvalue weighted by Gasteiger charge is -2.32. The number of pyridine rings is 1. The van der Waals surface area contributed by atoms with Crippen LogP contribution in [0.25, 0.3) is 6.08 Å². The van der Waals surface area contributed by atoms with E-state index in [1.54, 1.807) is 12.3 Å². The van der Waals surface area contributed by atoms with E-state index >= 15 is 0 Å². The summed E-state index contributed by atoms with van der Waals surface area (Å²) >= 11 is 5.78. The molecule has 6 heteroatoms. The molecule has 0 radical (unpaired) electrons. The number of rotatable bonds is 3. The van der Waals surface area contributed by atoms with Gasteiger partial charge in [0, 0.05) is 12.7 Å². The molecule has 1 aliphatic rings. The third-order valence-electron chi connectivity index (χ3n) is 3.89. The van der Waals surface area contributed by atoms with Gasteiger partial charge < -0.3 is 15.0 Å². The monoisotopic (exact) mass is 294 g/mol. The van der Waals surface area contributed by atoms with Crippen molar-refractivity contribution in [3.63, 3.8) is 0 Å². The van der Waals surface area contributed by atoms with Gasteiger partial charge in [0.2, 0.25) is 0 Å². The number of nitrogens with two attached hydrogens (primary N) is 1. The molecule has 4 nitrogen and oxygen atoms in total. The second-order valence-electron chi connectivity index (χ2n) is 5.93. The van der Waals surface area contributed by atoms with Crippen LogP contribution in [0.1, 0.15) is 33.3 Å². The minimum atomic E-state index is -0.430. The molecule has 1 saturated heterocycles. The molecule has 0 saturated carbocycles. The first-order valence-electron chi connectivity index (χ1n) is 6.63. The van der Waals surface area contributed by atoms with Crippen LogP contribution in [0.2, 0.25) is 5.15 Å². The predicted octanol–water partition coefficient (Wildman–Crippen LogP) is 2.71. The summed E-state index contributed by atoms with van der Waals surface area (Å²) in [6, 6.07) is 3.63. The zero-order valence-corrected chi connectivity index (χ0v) is 13.1. The van der Waals surface area contributed by atoms with E-state index in [9.17, 15) is 0 Å². The van der Waals surface area contributed by atoms with E-state index in [1.165, 1.54) is 0 Å².